The van der Waals surface area contributed by atoms with E-state index in [4.69, 9.17) is 11.6 Å². The molecule has 2 aromatic carbocycles. The molecule has 1 saturated carbocycles. The molecule has 1 heterocycles. The second kappa shape index (κ2) is 8.63. The van der Waals surface area contributed by atoms with Gasteiger partial charge in [-0.05, 0) is 54.3 Å². The normalized spacial score (nSPS) is 14.2. The van der Waals surface area contributed by atoms with Gasteiger partial charge in [-0.25, -0.2) is 8.42 Å². The first-order chi connectivity index (χ1) is 15.1. The summed E-state index contributed by atoms with van der Waals surface area (Å²) in [5.41, 5.74) is 1.95. The van der Waals surface area contributed by atoms with Gasteiger partial charge in [0.25, 0.3) is 0 Å². The minimum atomic E-state index is -4.81. The fourth-order valence-electron chi connectivity index (χ4n) is 3.29. The van der Waals surface area contributed by atoms with E-state index in [0.717, 1.165) is 0 Å². The number of hydrogen-bond acceptors (Lipinski definition) is 4. The Morgan fingerprint density at radius 1 is 1.09 bits per heavy atom. The zero-order chi connectivity index (χ0) is 22.9. The SMILES string of the molecule is O=S(=O)(C1CC1)N(Cc1cccnc1)c1ccc(-c2cccc(OC(F)(F)F)c2)c(Cl)c1. The van der Waals surface area contributed by atoms with Gasteiger partial charge in [-0.3, -0.25) is 9.29 Å². The van der Waals surface area contributed by atoms with E-state index in [1.54, 1.807) is 42.7 Å². The number of benzene rings is 2. The predicted molar refractivity (Wildman–Crippen MR) is 116 cm³/mol. The fourth-order valence-corrected chi connectivity index (χ4v) is 5.40. The lowest BCUT2D eigenvalue weighted by molar-refractivity contribution is -0.274. The number of ether oxygens (including phenoxy) is 1. The van der Waals surface area contributed by atoms with Crippen molar-refractivity contribution in [2.75, 3.05) is 4.31 Å². The molecule has 1 aliphatic carbocycles. The molecule has 0 amide bonds. The average molecular weight is 483 g/mol. The summed E-state index contributed by atoms with van der Waals surface area (Å²) >= 11 is 6.44. The monoisotopic (exact) mass is 482 g/mol. The number of sulfonamides is 1. The zero-order valence-corrected chi connectivity index (χ0v) is 18.2. The van der Waals surface area contributed by atoms with Crippen LogP contribution in [0.2, 0.25) is 5.02 Å². The summed E-state index contributed by atoms with van der Waals surface area (Å²) in [5.74, 6) is -0.371. The van der Waals surface area contributed by atoms with E-state index in [0.29, 0.717) is 35.2 Å². The van der Waals surface area contributed by atoms with Gasteiger partial charge < -0.3 is 4.74 Å². The van der Waals surface area contributed by atoms with Gasteiger partial charge in [0, 0.05) is 18.0 Å². The lowest BCUT2D eigenvalue weighted by Gasteiger charge is -2.25. The van der Waals surface area contributed by atoms with Crippen LogP contribution in [0.1, 0.15) is 18.4 Å². The minimum Gasteiger partial charge on any atom is -0.406 e. The number of rotatable bonds is 7. The second-order valence-electron chi connectivity index (χ2n) is 7.35. The number of hydrogen-bond donors (Lipinski definition) is 0. The molecule has 0 N–H and O–H groups in total. The molecule has 10 heteroatoms. The summed E-state index contributed by atoms with van der Waals surface area (Å²) in [6.45, 7) is 0.0945. The Bertz CT molecular complexity index is 1220. The summed E-state index contributed by atoms with van der Waals surface area (Å²) in [7, 11) is -3.60. The highest BCUT2D eigenvalue weighted by Gasteiger charge is 2.40. The molecule has 1 aliphatic rings. The van der Waals surface area contributed by atoms with E-state index in [-0.39, 0.29) is 17.3 Å². The lowest BCUT2D eigenvalue weighted by atomic mass is 10.0. The van der Waals surface area contributed by atoms with E-state index in [1.807, 2.05) is 0 Å². The van der Waals surface area contributed by atoms with E-state index in [9.17, 15) is 21.6 Å². The van der Waals surface area contributed by atoms with Crippen molar-refractivity contribution in [1.82, 2.24) is 4.98 Å². The number of aromatic nitrogens is 1. The van der Waals surface area contributed by atoms with Crippen LogP contribution in [0.5, 0.6) is 5.75 Å². The molecule has 0 radical (unpaired) electrons. The third kappa shape index (κ3) is 5.16. The van der Waals surface area contributed by atoms with Crippen LogP contribution in [0.15, 0.2) is 67.0 Å². The summed E-state index contributed by atoms with van der Waals surface area (Å²) in [4.78, 5) is 4.04. The van der Waals surface area contributed by atoms with Crippen molar-refractivity contribution in [3.8, 4) is 16.9 Å². The fraction of sp³-hybridized carbons (Fsp3) is 0.227. The van der Waals surface area contributed by atoms with Crippen LogP contribution in [0.3, 0.4) is 0 Å². The van der Waals surface area contributed by atoms with Gasteiger partial charge >= 0.3 is 6.36 Å². The first kappa shape index (κ1) is 22.4. The van der Waals surface area contributed by atoms with Crippen LogP contribution in [-0.4, -0.2) is 25.0 Å². The molecular formula is C22H18ClF3N2O3S. The first-order valence-electron chi connectivity index (χ1n) is 9.70. The number of alkyl halides is 3. The molecule has 0 atom stereocenters. The molecule has 0 unspecified atom stereocenters. The van der Waals surface area contributed by atoms with Gasteiger partial charge in [0.15, 0.2) is 0 Å². The Balaban J connectivity index is 1.68. The van der Waals surface area contributed by atoms with Crippen molar-refractivity contribution in [1.29, 1.82) is 0 Å². The van der Waals surface area contributed by atoms with Crippen LogP contribution in [0.4, 0.5) is 18.9 Å². The molecule has 0 saturated heterocycles. The average Bonchev–Trinajstić information content (AvgIpc) is 3.57. The van der Waals surface area contributed by atoms with Gasteiger partial charge in [0.1, 0.15) is 5.75 Å². The molecule has 5 nitrogen and oxygen atoms in total. The Morgan fingerprint density at radius 3 is 2.50 bits per heavy atom. The summed E-state index contributed by atoms with van der Waals surface area (Å²) in [5, 5.41) is -0.234. The molecule has 0 bridgehead atoms. The molecule has 1 fully saturated rings. The quantitative estimate of drug-likeness (QED) is 0.427. The predicted octanol–water partition coefficient (Wildman–Crippen LogP) is 5.80. The molecular weight excluding hydrogens is 465 g/mol. The molecule has 4 rings (SSSR count). The molecule has 0 spiro atoms. The zero-order valence-electron chi connectivity index (χ0n) is 16.6. The molecule has 3 aromatic rings. The number of halogens is 4. The molecule has 32 heavy (non-hydrogen) atoms. The standard InChI is InChI=1S/C22H18ClF3N2O3S/c23-21-12-17(6-9-20(21)16-4-1-5-18(11-16)31-22(24,25)26)28(32(29,30)19-7-8-19)14-15-3-2-10-27-13-15/h1-6,9-13,19H,7-8,14H2. The second-order valence-corrected chi connectivity index (χ2v) is 9.90. The van der Waals surface area contributed by atoms with E-state index in [2.05, 4.69) is 9.72 Å². The maximum atomic E-state index is 13.1. The van der Waals surface area contributed by atoms with Crippen molar-refractivity contribution < 1.29 is 26.3 Å². The topological polar surface area (TPSA) is 59.5 Å². The minimum absolute atomic E-state index is 0.0945. The number of nitrogens with zero attached hydrogens (tertiary/aromatic N) is 2. The van der Waals surface area contributed by atoms with Gasteiger partial charge in [0.2, 0.25) is 10.0 Å². The molecule has 0 aliphatic heterocycles. The Hall–Kier alpha value is -2.78. The van der Waals surface area contributed by atoms with E-state index >= 15 is 0 Å². The van der Waals surface area contributed by atoms with Crippen molar-refractivity contribution in [3.63, 3.8) is 0 Å². The van der Waals surface area contributed by atoms with Crippen molar-refractivity contribution in [3.05, 3.63) is 77.6 Å². The third-order valence-corrected chi connectivity index (χ3v) is 7.50. The summed E-state index contributed by atoms with van der Waals surface area (Å²) < 4.78 is 69.1. The van der Waals surface area contributed by atoms with Crippen LogP contribution < -0.4 is 9.04 Å². The highest BCUT2D eigenvalue weighted by Crippen LogP contribution is 2.38. The van der Waals surface area contributed by atoms with Crippen LogP contribution in [-0.2, 0) is 16.6 Å². The Morgan fingerprint density at radius 2 is 1.88 bits per heavy atom. The van der Waals surface area contributed by atoms with Crippen LogP contribution in [0.25, 0.3) is 11.1 Å². The first-order valence-corrected chi connectivity index (χ1v) is 11.6. The van der Waals surface area contributed by atoms with Gasteiger partial charge in [0.05, 0.1) is 22.5 Å². The maximum absolute atomic E-state index is 13.1. The Labute approximate surface area is 188 Å². The van der Waals surface area contributed by atoms with Crippen molar-refractivity contribution in [2.45, 2.75) is 31.0 Å². The third-order valence-electron chi connectivity index (χ3n) is 4.92. The highest BCUT2D eigenvalue weighted by atomic mass is 35.5. The van der Waals surface area contributed by atoms with Crippen molar-refractivity contribution >= 4 is 27.3 Å². The summed E-state index contributed by atoms with van der Waals surface area (Å²) in [6, 6.07) is 13.6. The van der Waals surface area contributed by atoms with Crippen LogP contribution in [0, 0.1) is 0 Å². The lowest BCUT2D eigenvalue weighted by Crippen LogP contribution is -2.33. The molecule has 1 aromatic heterocycles. The highest BCUT2D eigenvalue weighted by molar-refractivity contribution is 7.93. The van der Waals surface area contributed by atoms with E-state index in [1.165, 1.54) is 28.6 Å². The van der Waals surface area contributed by atoms with Crippen LogP contribution >= 0.6 is 11.6 Å². The number of pyridine rings is 1. The van der Waals surface area contributed by atoms with Gasteiger partial charge in [-0.2, -0.15) is 0 Å². The summed E-state index contributed by atoms with van der Waals surface area (Å²) in [6.07, 6.45) is -0.410. The largest absolute Gasteiger partial charge is 0.573 e. The van der Waals surface area contributed by atoms with Gasteiger partial charge in [-0.1, -0.05) is 35.9 Å². The Kier molecular flexibility index (Phi) is 6.05. The van der Waals surface area contributed by atoms with Crippen molar-refractivity contribution in [2.24, 2.45) is 0 Å². The van der Waals surface area contributed by atoms with Gasteiger partial charge in [-0.15, -0.1) is 13.2 Å². The number of anilines is 1. The van der Waals surface area contributed by atoms with E-state index < -0.39 is 21.6 Å². The maximum Gasteiger partial charge on any atom is 0.573 e. The molecule has 168 valence electrons. The smallest absolute Gasteiger partial charge is 0.406 e.